The Balaban J connectivity index is 1.33. The van der Waals surface area contributed by atoms with Gasteiger partial charge < -0.3 is 9.38 Å². The highest BCUT2D eigenvalue weighted by molar-refractivity contribution is 6.93. The maximum atomic E-state index is 2.87. The number of hydrogen-bond donors (Lipinski definition) is 0. The fourth-order valence-corrected chi connectivity index (χ4v) is 13.4. The molecule has 0 atom stereocenters. The molecule has 0 N–H and O–H groups in total. The second kappa shape index (κ2) is 12.9. The zero-order valence-corrected chi connectivity index (χ0v) is 40.5. The number of rotatable bonds is 5. The van der Waals surface area contributed by atoms with E-state index in [1.165, 1.54) is 135 Å². The van der Waals surface area contributed by atoms with Crippen LogP contribution in [0.3, 0.4) is 0 Å². The molecule has 1 aromatic heterocycles. The first kappa shape index (κ1) is 40.5. The summed E-state index contributed by atoms with van der Waals surface area (Å²) in [5, 5.41) is 2.89. The zero-order valence-electron chi connectivity index (χ0n) is 40.5. The van der Waals surface area contributed by atoms with Gasteiger partial charge in [-0.25, -0.2) is 0 Å². The number of unbranched alkanes of at least 4 members (excludes halogenated alkanes) is 2. The summed E-state index contributed by atoms with van der Waals surface area (Å²) in [6.45, 7) is 32.4. The Morgan fingerprint density at radius 3 is 1.66 bits per heavy atom. The van der Waals surface area contributed by atoms with Crippen molar-refractivity contribution in [3.63, 3.8) is 0 Å². The molecule has 11 rings (SSSR count). The van der Waals surface area contributed by atoms with E-state index in [0.717, 1.165) is 6.42 Å². The minimum atomic E-state index is 0.0261. The van der Waals surface area contributed by atoms with Crippen LogP contribution in [0.1, 0.15) is 187 Å². The molecule has 62 heavy (non-hydrogen) atoms. The lowest BCUT2D eigenvalue weighted by molar-refractivity contribution is 0.332. The molecule has 0 spiro atoms. The van der Waals surface area contributed by atoms with Gasteiger partial charge in [-0.2, -0.15) is 0 Å². The molecule has 0 saturated carbocycles. The Labute approximate surface area is 374 Å². The van der Waals surface area contributed by atoms with Crippen molar-refractivity contribution < 1.29 is 0 Å². The summed E-state index contributed by atoms with van der Waals surface area (Å²) in [7, 11) is 0. The van der Waals surface area contributed by atoms with Gasteiger partial charge >= 0.3 is 6.85 Å². The number of aryl methyl sites for hydroxylation is 1. The number of benzene rings is 5. The van der Waals surface area contributed by atoms with E-state index in [9.17, 15) is 0 Å². The monoisotopic (exact) mass is 819 g/mol. The topological polar surface area (TPSA) is 8.17 Å². The molecule has 2 aliphatic heterocycles. The molecule has 5 aromatic carbocycles. The van der Waals surface area contributed by atoms with Gasteiger partial charge in [0.15, 0.2) is 0 Å². The maximum Gasteiger partial charge on any atom is 0.333 e. The average molecular weight is 819 g/mol. The van der Waals surface area contributed by atoms with E-state index in [-0.39, 0.29) is 39.3 Å². The summed E-state index contributed by atoms with van der Waals surface area (Å²) in [4.78, 5) is 2.87. The average Bonchev–Trinajstić information content (AvgIpc) is 3.58. The van der Waals surface area contributed by atoms with Crippen molar-refractivity contribution in [2.24, 2.45) is 0 Å². The Bertz CT molecular complexity index is 2890. The van der Waals surface area contributed by atoms with Crippen molar-refractivity contribution in [3.05, 3.63) is 112 Å². The molecule has 3 heteroatoms. The predicted octanol–water partition coefficient (Wildman–Crippen LogP) is 14.8. The molecular weight excluding hydrogens is 747 g/mol. The number of para-hydroxylation sites is 1. The van der Waals surface area contributed by atoms with Gasteiger partial charge in [-0.15, -0.1) is 0 Å². The Hall–Kier alpha value is -4.24. The molecule has 320 valence electrons. The third-order valence-corrected chi connectivity index (χ3v) is 17.8. The van der Waals surface area contributed by atoms with Crippen LogP contribution in [0.2, 0.25) is 0 Å². The molecule has 3 heterocycles. The Morgan fingerprint density at radius 2 is 1.05 bits per heavy atom. The van der Waals surface area contributed by atoms with Crippen molar-refractivity contribution in [2.45, 2.75) is 187 Å². The number of hydrogen-bond acceptors (Lipinski definition) is 1. The predicted molar refractivity (Wildman–Crippen MR) is 269 cm³/mol. The molecule has 6 aromatic rings. The normalized spacial score (nSPS) is 21.2. The van der Waals surface area contributed by atoms with Crippen molar-refractivity contribution in [1.29, 1.82) is 0 Å². The zero-order chi connectivity index (χ0) is 43.7. The van der Waals surface area contributed by atoms with Gasteiger partial charge in [0, 0.05) is 33.4 Å². The molecule has 2 nitrogen and oxygen atoms in total. The van der Waals surface area contributed by atoms with Gasteiger partial charge in [-0.1, -0.05) is 139 Å². The maximum absolute atomic E-state index is 2.87. The first-order valence-electron chi connectivity index (χ1n) is 24.6. The van der Waals surface area contributed by atoms with E-state index >= 15 is 0 Å². The molecule has 0 unspecified atom stereocenters. The molecular formula is C59H71BN2. The standard InChI is InChI=1S/C59H71BN2/c1-14-15-16-19-36-30-40-39-32-43-45(58(10,11)28-26-56(43,6)7)34-49(39)62(37-22-23-41-42(31-37)55(4,5)25-24-54(41,2)3)60-47-33-44-46(59(12,13)29-27-57(44,8)9)35-50(47)61-48-21-18-17-20-38(48)51(36)53(61)52(40)60/h17-18,20-23,30-35H,14-16,19,24-29H2,1-13H3. The van der Waals surface area contributed by atoms with Crippen LogP contribution in [0.25, 0.3) is 38.6 Å². The van der Waals surface area contributed by atoms with Crippen molar-refractivity contribution in [3.8, 4) is 16.8 Å². The summed E-state index contributed by atoms with van der Waals surface area (Å²) >= 11 is 0. The second-order valence-corrected chi connectivity index (χ2v) is 24.7. The third kappa shape index (κ3) is 5.54. The van der Waals surface area contributed by atoms with E-state index in [4.69, 9.17) is 0 Å². The smallest absolute Gasteiger partial charge is 0.333 e. The summed E-state index contributed by atoms with van der Waals surface area (Å²) in [6, 6.07) is 30.7. The molecule has 0 amide bonds. The van der Waals surface area contributed by atoms with Gasteiger partial charge in [0.2, 0.25) is 0 Å². The Kier molecular flexibility index (Phi) is 8.46. The van der Waals surface area contributed by atoms with E-state index in [2.05, 4.69) is 172 Å². The van der Waals surface area contributed by atoms with Gasteiger partial charge in [-0.3, -0.25) is 0 Å². The van der Waals surface area contributed by atoms with Crippen LogP contribution in [0, 0.1) is 0 Å². The summed E-state index contributed by atoms with van der Waals surface area (Å²) in [5.74, 6) is 0. The molecule has 0 radical (unpaired) electrons. The van der Waals surface area contributed by atoms with Crippen LogP contribution in [0.5, 0.6) is 0 Å². The highest BCUT2D eigenvalue weighted by Crippen LogP contribution is 2.55. The van der Waals surface area contributed by atoms with Crippen molar-refractivity contribution >= 4 is 51.0 Å². The molecule has 0 fully saturated rings. The number of fused-ring (bicyclic) bond motifs is 11. The largest absolute Gasteiger partial charge is 0.376 e. The fourth-order valence-electron chi connectivity index (χ4n) is 13.4. The van der Waals surface area contributed by atoms with Gasteiger partial charge in [0.1, 0.15) is 0 Å². The quantitative estimate of drug-likeness (QED) is 0.124. The highest BCUT2D eigenvalue weighted by Gasteiger charge is 2.49. The first-order valence-corrected chi connectivity index (χ1v) is 24.6. The van der Waals surface area contributed by atoms with Gasteiger partial charge in [-0.05, 0) is 176 Å². The first-order chi connectivity index (χ1) is 29.2. The number of aromatic nitrogens is 1. The van der Waals surface area contributed by atoms with E-state index in [0.29, 0.717) is 0 Å². The minimum absolute atomic E-state index is 0.0261. The lowest BCUT2D eigenvalue weighted by Crippen LogP contribution is -2.61. The fraction of sp³-hybridized carbons (Fsp3) is 0.492. The van der Waals surface area contributed by atoms with Crippen LogP contribution in [-0.2, 0) is 38.9 Å². The molecule has 0 saturated heterocycles. The summed E-state index contributed by atoms with van der Waals surface area (Å²) < 4.78 is 2.75. The third-order valence-electron chi connectivity index (χ3n) is 17.8. The van der Waals surface area contributed by atoms with E-state index < -0.39 is 0 Å². The lowest BCUT2D eigenvalue weighted by Gasteiger charge is -2.48. The lowest BCUT2D eigenvalue weighted by atomic mass is 9.43. The van der Waals surface area contributed by atoms with Crippen molar-refractivity contribution in [1.82, 2.24) is 4.57 Å². The minimum Gasteiger partial charge on any atom is -0.376 e. The molecule has 3 aliphatic carbocycles. The van der Waals surface area contributed by atoms with E-state index in [1.807, 2.05) is 0 Å². The van der Waals surface area contributed by atoms with E-state index in [1.54, 1.807) is 22.3 Å². The van der Waals surface area contributed by atoms with Crippen LogP contribution < -0.4 is 15.7 Å². The van der Waals surface area contributed by atoms with Crippen LogP contribution in [0.4, 0.5) is 11.4 Å². The number of anilines is 2. The highest BCUT2D eigenvalue weighted by atomic mass is 15.1. The van der Waals surface area contributed by atoms with Gasteiger partial charge in [0.25, 0.3) is 0 Å². The van der Waals surface area contributed by atoms with Crippen LogP contribution in [-0.4, -0.2) is 11.4 Å². The number of nitrogens with zero attached hydrogens (tertiary/aromatic N) is 2. The summed E-state index contributed by atoms with van der Waals surface area (Å²) in [5.41, 5.74) is 24.2. The molecule has 5 aliphatic rings. The molecule has 0 bridgehead atoms. The van der Waals surface area contributed by atoms with Crippen molar-refractivity contribution in [2.75, 3.05) is 4.81 Å². The SMILES string of the molecule is CCCCCc1cc2c3c4c1c1ccccc1n4-c1cc4c(cc1B3N(c1ccc3c(c1)C(C)(C)CCC3(C)C)c1cc3c(cc1-2)C(C)(C)CCC3(C)C)C(C)(C)CCC4(C)C. The second-order valence-electron chi connectivity index (χ2n) is 24.7. The Morgan fingerprint density at radius 1 is 0.516 bits per heavy atom. The van der Waals surface area contributed by atoms with Gasteiger partial charge in [0.05, 0.1) is 11.0 Å². The van der Waals surface area contributed by atoms with Crippen LogP contribution >= 0.6 is 0 Å². The van der Waals surface area contributed by atoms with Crippen LogP contribution in [0.15, 0.2) is 72.8 Å². The summed E-state index contributed by atoms with van der Waals surface area (Å²) in [6.07, 6.45) is 12.1.